The lowest BCUT2D eigenvalue weighted by atomic mass is 9.98. The zero-order valence-electron chi connectivity index (χ0n) is 17.3. The predicted octanol–water partition coefficient (Wildman–Crippen LogP) is 3.28. The van der Waals surface area contributed by atoms with Crippen molar-refractivity contribution in [2.24, 2.45) is 0 Å². The van der Waals surface area contributed by atoms with Gasteiger partial charge in [-0.15, -0.1) is 12.4 Å². The molecule has 0 unspecified atom stereocenters. The molecule has 1 aromatic carbocycles. The second-order valence-electron chi connectivity index (χ2n) is 7.44. The molecule has 1 saturated heterocycles. The summed E-state index contributed by atoms with van der Waals surface area (Å²) in [6, 6.07) is 5.69. The van der Waals surface area contributed by atoms with Gasteiger partial charge in [0.2, 0.25) is 0 Å². The molecular weight excluding hydrogens is 487 g/mol. The molecule has 3 rings (SSSR count). The molecule has 8 nitrogen and oxygen atoms in total. The number of aryl methyl sites for hydroxylation is 1. The number of hydrogen-bond donors (Lipinski definition) is 2. The minimum atomic E-state index is -4.21. The average Bonchev–Trinajstić information content (AvgIpc) is 2.78. The molecule has 182 valence electrons. The Morgan fingerprint density at radius 2 is 1.76 bits per heavy atom. The Labute approximate surface area is 194 Å². The number of rotatable bonds is 7. The van der Waals surface area contributed by atoms with Crippen LogP contribution in [0.3, 0.4) is 0 Å². The third-order valence-corrected chi connectivity index (χ3v) is 7.90. The number of nitrogens with zero attached hydrogens (tertiary/aromatic N) is 2. The largest absolute Gasteiger partial charge is 0.389 e. The number of benzene rings is 1. The van der Waals surface area contributed by atoms with Crippen molar-refractivity contribution in [3.63, 3.8) is 0 Å². The molecule has 0 atom stereocenters. The maximum absolute atomic E-state index is 13.2. The summed E-state index contributed by atoms with van der Waals surface area (Å²) in [6.07, 6.45) is -2.44. The maximum atomic E-state index is 13.2. The molecule has 2 aromatic rings. The fourth-order valence-corrected chi connectivity index (χ4v) is 5.49. The lowest BCUT2D eigenvalue weighted by Crippen LogP contribution is -2.54. The molecule has 1 aliphatic heterocycles. The molecule has 33 heavy (non-hydrogen) atoms. The van der Waals surface area contributed by atoms with Crippen molar-refractivity contribution in [1.82, 2.24) is 15.4 Å². The summed E-state index contributed by atoms with van der Waals surface area (Å²) in [5.74, 6) is -1.00. The third-order valence-electron chi connectivity index (χ3n) is 5.39. The second kappa shape index (κ2) is 10.8. The maximum Gasteiger partial charge on any atom is 0.389 e. The number of alkyl halides is 3. The average molecular weight is 510 g/mol. The smallest absolute Gasteiger partial charge is 0.381 e. The van der Waals surface area contributed by atoms with E-state index in [0.717, 1.165) is 0 Å². The summed E-state index contributed by atoms with van der Waals surface area (Å²) in [4.78, 5) is 20.5. The fraction of sp³-hybridized carbons (Fsp3) is 0.450. The second-order valence-corrected chi connectivity index (χ2v) is 9.70. The number of amides is 1. The van der Waals surface area contributed by atoms with Crippen LogP contribution >= 0.6 is 12.4 Å². The van der Waals surface area contributed by atoms with Gasteiger partial charge >= 0.3 is 6.18 Å². The van der Waals surface area contributed by atoms with Crippen molar-refractivity contribution in [2.75, 3.05) is 13.2 Å². The van der Waals surface area contributed by atoms with Crippen LogP contribution in [0.1, 0.15) is 31.4 Å². The summed E-state index contributed by atoms with van der Waals surface area (Å²) in [7, 11) is -4.14. The number of aromatic nitrogens is 2. The molecule has 1 aliphatic rings. The first kappa shape index (κ1) is 27.0. The highest BCUT2D eigenvalue weighted by atomic mass is 35.5. The summed E-state index contributed by atoms with van der Waals surface area (Å²) in [5, 5.41) is 9.10. The SMILES string of the molecule is Cl.O=C(NO)C1(S(=O)(=O)c2ccc(-c3cnc(CCCC(F)(F)F)cn3)cc2)CCOCC1. The van der Waals surface area contributed by atoms with E-state index in [2.05, 4.69) is 9.97 Å². The molecule has 0 spiro atoms. The lowest BCUT2D eigenvalue weighted by molar-refractivity contribution is -0.135. The molecular formula is C20H23ClF3N3O5S. The topological polar surface area (TPSA) is 118 Å². The van der Waals surface area contributed by atoms with Crippen LogP contribution in [0, 0.1) is 0 Å². The van der Waals surface area contributed by atoms with Gasteiger partial charge in [0.25, 0.3) is 5.91 Å². The highest BCUT2D eigenvalue weighted by Crippen LogP contribution is 2.36. The van der Waals surface area contributed by atoms with Crippen molar-refractivity contribution in [2.45, 2.75) is 47.9 Å². The van der Waals surface area contributed by atoms with Gasteiger partial charge in [-0.05, 0) is 37.8 Å². The summed E-state index contributed by atoms with van der Waals surface area (Å²) in [5.41, 5.74) is 2.85. The molecule has 1 aromatic heterocycles. The minimum Gasteiger partial charge on any atom is -0.381 e. The number of nitrogens with one attached hydrogen (secondary N) is 1. The molecule has 1 fully saturated rings. The first-order valence-electron chi connectivity index (χ1n) is 9.84. The van der Waals surface area contributed by atoms with Crippen LogP contribution in [0.4, 0.5) is 13.2 Å². The Kier molecular flexibility index (Phi) is 8.80. The van der Waals surface area contributed by atoms with Gasteiger partial charge in [0, 0.05) is 31.4 Å². The number of hydrogen-bond acceptors (Lipinski definition) is 7. The van der Waals surface area contributed by atoms with Crippen LogP contribution in [0.15, 0.2) is 41.6 Å². The van der Waals surface area contributed by atoms with Crippen LogP contribution < -0.4 is 5.48 Å². The van der Waals surface area contributed by atoms with Gasteiger partial charge in [-0.25, -0.2) is 13.9 Å². The van der Waals surface area contributed by atoms with E-state index in [0.29, 0.717) is 17.0 Å². The Bertz CT molecular complexity index is 1040. The Hall–Kier alpha value is -2.28. The predicted molar refractivity (Wildman–Crippen MR) is 114 cm³/mol. The van der Waals surface area contributed by atoms with Gasteiger partial charge in [0.05, 0.1) is 22.5 Å². The monoisotopic (exact) mass is 509 g/mol. The van der Waals surface area contributed by atoms with E-state index in [9.17, 15) is 26.4 Å². The van der Waals surface area contributed by atoms with Crippen molar-refractivity contribution >= 4 is 28.2 Å². The molecule has 13 heteroatoms. The van der Waals surface area contributed by atoms with E-state index >= 15 is 0 Å². The van der Waals surface area contributed by atoms with Gasteiger partial charge in [-0.1, -0.05) is 12.1 Å². The Morgan fingerprint density at radius 3 is 2.27 bits per heavy atom. The van der Waals surface area contributed by atoms with E-state index in [-0.39, 0.29) is 56.2 Å². The Morgan fingerprint density at radius 1 is 1.12 bits per heavy atom. The summed E-state index contributed by atoms with van der Waals surface area (Å²) < 4.78 is 66.6. The van der Waals surface area contributed by atoms with Crippen molar-refractivity contribution < 1.29 is 36.3 Å². The quantitative estimate of drug-likeness (QED) is 0.434. The zero-order chi connectivity index (χ0) is 23.4. The number of hydroxylamine groups is 1. The van der Waals surface area contributed by atoms with Gasteiger partial charge in [-0.3, -0.25) is 20.0 Å². The molecule has 0 bridgehead atoms. The first-order chi connectivity index (χ1) is 15.1. The van der Waals surface area contributed by atoms with E-state index in [1.807, 2.05) is 0 Å². The van der Waals surface area contributed by atoms with Crippen molar-refractivity contribution in [3.05, 3.63) is 42.4 Å². The molecule has 1 amide bonds. The highest BCUT2D eigenvalue weighted by Gasteiger charge is 2.52. The van der Waals surface area contributed by atoms with Crippen LogP contribution in [0.25, 0.3) is 11.3 Å². The molecule has 2 N–H and O–H groups in total. The minimum absolute atomic E-state index is 0. The van der Waals surface area contributed by atoms with Crippen molar-refractivity contribution in [1.29, 1.82) is 0 Å². The van der Waals surface area contributed by atoms with Crippen LogP contribution in [-0.4, -0.2) is 53.6 Å². The normalized spacial score (nSPS) is 16.0. The molecule has 0 saturated carbocycles. The molecule has 0 radical (unpaired) electrons. The van der Waals surface area contributed by atoms with Crippen molar-refractivity contribution in [3.8, 4) is 11.3 Å². The Balaban J connectivity index is 0.00000385. The van der Waals surface area contributed by atoms with E-state index < -0.39 is 33.1 Å². The van der Waals surface area contributed by atoms with Crippen LogP contribution in [-0.2, 0) is 25.8 Å². The van der Waals surface area contributed by atoms with Crippen LogP contribution in [0.2, 0.25) is 0 Å². The number of halogens is 4. The van der Waals surface area contributed by atoms with Crippen LogP contribution in [0.5, 0.6) is 0 Å². The van der Waals surface area contributed by atoms with Gasteiger partial charge in [0.1, 0.15) is 0 Å². The van der Waals surface area contributed by atoms with Gasteiger partial charge < -0.3 is 4.74 Å². The number of ether oxygens (including phenoxy) is 1. The standard InChI is InChI=1S/C20H22F3N3O5S.ClH/c21-20(22,23)7-1-2-15-12-25-17(13-24-15)14-3-5-16(6-4-14)32(29,30)19(18(27)26-28)8-10-31-11-9-19;/h3-6,12-13,28H,1-2,7-11H2,(H,26,27);1H. The number of carbonyl (C=O) groups is 1. The van der Waals surface area contributed by atoms with E-state index in [1.54, 1.807) is 0 Å². The summed E-state index contributed by atoms with van der Waals surface area (Å²) >= 11 is 0. The molecule has 2 heterocycles. The summed E-state index contributed by atoms with van der Waals surface area (Å²) in [6.45, 7) is 0.130. The van der Waals surface area contributed by atoms with Gasteiger partial charge in [-0.2, -0.15) is 13.2 Å². The third kappa shape index (κ3) is 5.99. The number of carbonyl (C=O) groups excluding carboxylic acids is 1. The lowest BCUT2D eigenvalue weighted by Gasteiger charge is -2.34. The number of sulfone groups is 1. The van der Waals surface area contributed by atoms with Gasteiger partial charge in [0.15, 0.2) is 14.6 Å². The van der Waals surface area contributed by atoms with E-state index in [4.69, 9.17) is 9.94 Å². The highest BCUT2D eigenvalue weighted by molar-refractivity contribution is 7.93. The zero-order valence-corrected chi connectivity index (χ0v) is 19.0. The first-order valence-corrected chi connectivity index (χ1v) is 11.3. The molecule has 0 aliphatic carbocycles. The van der Waals surface area contributed by atoms with E-state index in [1.165, 1.54) is 42.1 Å². The fourth-order valence-electron chi connectivity index (χ4n) is 3.55.